The zero-order valence-corrected chi connectivity index (χ0v) is 18.8. The maximum atomic E-state index is 12.5. The van der Waals surface area contributed by atoms with E-state index in [1.165, 1.54) is 0 Å². The van der Waals surface area contributed by atoms with Crippen molar-refractivity contribution in [3.63, 3.8) is 0 Å². The largest absolute Gasteiger partial charge is 0.362 e. The number of amides is 1. The van der Waals surface area contributed by atoms with Crippen molar-refractivity contribution in [2.45, 2.75) is 46.7 Å². The Morgan fingerprint density at radius 1 is 1.12 bits per heavy atom. The van der Waals surface area contributed by atoms with E-state index in [4.69, 9.17) is 0 Å². The molecule has 32 heavy (non-hydrogen) atoms. The number of benzene rings is 1. The van der Waals surface area contributed by atoms with Crippen molar-refractivity contribution in [2.24, 2.45) is 0 Å². The number of anilines is 2. The Morgan fingerprint density at radius 2 is 1.97 bits per heavy atom. The molecule has 0 saturated carbocycles. The van der Waals surface area contributed by atoms with Crippen LogP contribution in [0.4, 0.5) is 11.5 Å². The van der Waals surface area contributed by atoms with Gasteiger partial charge in [-0.3, -0.25) is 14.5 Å². The van der Waals surface area contributed by atoms with Gasteiger partial charge in [-0.25, -0.2) is 9.97 Å². The van der Waals surface area contributed by atoms with Crippen molar-refractivity contribution in [1.29, 1.82) is 0 Å². The van der Waals surface area contributed by atoms with Crippen LogP contribution in [0.25, 0.3) is 11.2 Å². The van der Waals surface area contributed by atoms with Gasteiger partial charge in [0.05, 0.1) is 24.9 Å². The fraction of sp³-hybridized carbons (Fsp3) is 0.292. The molecule has 0 aliphatic carbocycles. The standard InChI is InChI=1S/C24H27N7O/c1-5-31-14-21-24(30-31)29-22(13-26-21)27-17(4)18-7-6-8-19(10-18)28-23(32)11-20-9-15(2)16(3)12-25-20/h6-10,12-14,17H,5,11H2,1-4H3,(H,28,32)(H,27,29,30)/t17-/m0/s1. The Balaban J connectivity index is 1.42. The lowest BCUT2D eigenvalue weighted by molar-refractivity contribution is -0.115. The van der Waals surface area contributed by atoms with Crippen LogP contribution < -0.4 is 10.6 Å². The van der Waals surface area contributed by atoms with Gasteiger partial charge in [-0.1, -0.05) is 12.1 Å². The van der Waals surface area contributed by atoms with Crippen LogP contribution in [0, 0.1) is 13.8 Å². The third kappa shape index (κ3) is 4.91. The molecule has 8 nitrogen and oxygen atoms in total. The first-order valence-corrected chi connectivity index (χ1v) is 10.7. The zero-order valence-electron chi connectivity index (χ0n) is 18.8. The second kappa shape index (κ2) is 9.13. The molecule has 0 radical (unpaired) electrons. The minimum atomic E-state index is -0.0960. The van der Waals surface area contributed by atoms with Gasteiger partial charge in [0.2, 0.25) is 11.6 Å². The van der Waals surface area contributed by atoms with Gasteiger partial charge in [0.1, 0.15) is 11.3 Å². The maximum absolute atomic E-state index is 12.5. The molecule has 0 fully saturated rings. The Labute approximate surface area is 187 Å². The van der Waals surface area contributed by atoms with Crippen LogP contribution in [0.2, 0.25) is 0 Å². The van der Waals surface area contributed by atoms with Gasteiger partial charge in [-0.05, 0) is 62.6 Å². The highest BCUT2D eigenvalue weighted by Gasteiger charge is 2.11. The first-order valence-electron chi connectivity index (χ1n) is 10.7. The Kier molecular flexibility index (Phi) is 6.11. The lowest BCUT2D eigenvalue weighted by Gasteiger charge is -2.16. The highest BCUT2D eigenvalue weighted by atomic mass is 16.1. The number of nitrogens with one attached hydrogen (secondary N) is 2. The molecule has 4 rings (SSSR count). The first kappa shape index (κ1) is 21.4. The molecule has 3 aromatic heterocycles. The number of hydrogen-bond acceptors (Lipinski definition) is 6. The molecule has 0 spiro atoms. The zero-order chi connectivity index (χ0) is 22.7. The van der Waals surface area contributed by atoms with Crippen LogP contribution in [-0.2, 0) is 17.8 Å². The van der Waals surface area contributed by atoms with E-state index >= 15 is 0 Å². The van der Waals surface area contributed by atoms with E-state index in [0.717, 1.165) is 40.1 Å². The third-order valence-corrected chi connectivity index (χ3v) is 5.41. The number of hydrogen-bond donors (Lipinski definition) is 2. The molecular formula is C24H27N7O. The summed E-state index contributed by atoms with van der Waals surface area (Å²) in [6, 6.07) is 9.70. The third-order valence-electron chi connectivity index (χ3n) is 5.41. The Hall–Kier alpha value is -3.81. The van der Waals surface area contributed by atoms with E-state index in [9.17, 15) is 4.79 Å². The monoisotopic (exact) mass is 429 g/mol. The van der Waals surface area contributed by atoms with Crippen molar-refractivity contribution >= 4 is 28.6 Å². The summed E-state index contributed by atoms with van der Waals surface area (Å²) in [6.45, 7) is 8.87. The molecule has 0 bridgehead atoms. The van der Waals surface area contributed by atoms with E-state index in [1.807, 2.05) is 68.9 Å². The van der Waals surface area contributed by atoms with Crippen molar-refractivity contribution in [2.75, 3.05) is 10.6 Å². The van der Waals surface area contributed by atoms with Gasteiger partial charge in [0, 0.05) is 24.1 Å². The van der Waals surface area contributed by atoms with Gasteiger partial charge in [-0.2, -0.15) is 5.10 Å². The van der Waals surface area contributed by atoms with Gasteiger partial charge in [0.25, 0.3) is 0 Å². The van der Waals surface area contributed by atoms with Crippen LogP contribution in [-0.4, -0.2) is 30.6 Å². The second-order valence-corrected chi connectivity index (χ2v) is 7.93. The van der Waals surface area contributed by atoms with Gasteiger partial charge in [0.15, 0.2) is 0 Å². The average molecular weight is 430 g/mol. The van der Waals surface area contributed by atoms with E-state index in [2.05, 4.69) is 30.7 Å². The predicted octanol–water partition coefficient (Wildman–Crippen LogP) is 4.21. The fourth-order valence-corrected chi connectivity index (χ4v) is 3.42. The molecule has 0 saturated heterocycles. The highest BCUT2D eigenvalue weighted by Crippen LogP contribution is 2.22. The quantitative estimate of drug-likeness (QED) is 0.457. The molecule has 2 N–H and O–H groups in total. The van der Waals surface area contributed by atoms with Crippen molar-refractivity contribution in [1.82, 2.24) is 24.7 Å². The van der Waals surface area contributed by atoms with Crippen molar-refractivity contribution in [3.8, 4) is 0 Å². The number of rotatable bonds is 7. The minimum Gasteiger partial charge on any atom is -0.362 e. The smallest absolute Gasteiger partial charge is 0.230 e. The van der Waals surface area contributed by atoms with E-state index < -0.39 is 0 Å². The van der Waals surface area contributed by atoms with Gasteiger partial charge in [-0.15, -0.1) is 0 Å². The van der Waals surface area contributed by atoms with Crippen LogP contribution in [0.5, 0.6) is 0 Å². The van der Waals surface area contributed by atoms with Gasteiger partial charge >= 0.3 is 0 Å². The summed E-state index contributed by atoms with van der Waals surface area (Å²) in [6.07, 6.45) is 5.63. The van der Waals surface area contributed by atoms with Crippen molar-refractivity contribution < 1.29 is 4.79 Å². The topological polar surface area (TPSA) is 97.6 Å². The molecule has 0 aliphatic rings. The summed E-state index contributed by atoms with van der Waals surface area (Å²) in [7, 11) is 0. The molecule has 1 aromatic carbocycles. The summed E-state index contributed by atoms with van der Waals surface area (Å²) in [5.41, 5.74) is 6.16. The van der Waals surface area contributed by atoms with E-state index in [-0.39, 0.29) is 18.4 Å². The fourth-order valence-electron chi connectivity index (χ4n) is 3.42. The molecular weight excluding hydrogens is 402 g/mol. The number of carbonyl (C=O) groups is 1. The molecule has 3 heterocycles. The number of fused-ring (bicyclic) bond motifs is 1. The first-order chi connectivity index (χ1) is 15.4. The lowest BCUT2D eigenvalue weighted by atomic mass is 10.1. The molecule has 164 valence electrons. The number of nitrogens with zero attached hydrogens (tertiary/aromatic N) is 5. The number of aromatic nitrogens is 5. The summed E-state index contributed by atoms with van der Waals surface area (Å²) < 4.78 is 1.82. The maximum Gasteiger partial charge on any atom is 0.230 e. The lowest BCUT2D eigenvalue weighted by Crippen LogP contribution is -2.16. The van der Waals surface area contributed by atoms with Crippen LogP contribution in [0.1, 0.15) is 42.3 Å². The number of carbonyl (C=O) groups excluding carboxylic acids is 1. The summed E-state index contributed by atoms with van der Waals surface area (Å²) in [5.74, 6) is 0.558. The SMILES string of the molecule is CCn1cc2ncc(N[C@@H](C)c3cccc(NC(=O)Cc4cc(C)c(C)cn4)c3)nc2n1. The second-order valence-electron chi connectivity index (χ2n) is 7.93. The number of aryl methyl sites for hydroxylation is 3. The molecule has 4 aromatic rings. The summed E-state index contributed by atoms with van der Waals surface area (Å²) >= 11 is 0. The molecule has 0 unspecified atom stereocenters. The van der Waals surface area contributed by atoms with Gasteiger partial charge < -0.3 is 10.6 Å². The molecule has 0 aliphatic heterocycles. The number of pyridine rings is 1. The minimum absolute atomic E-state index is 0.0340. The summed E-state index contributed by atoms with van der Waals surface area (Å²) in [5, 5.41) is 10.7. The van der Waals surface area contributed by atoms with Crippen LogP contribution in [0.15, 0.2) is 48.9 Å². The highest BCUT2D eigenvalue weighted by molar-refractivity contribution is 5.92. The predicted molar refractivity (Wildman–Crippen MR) is 126 cm³/mol. The Morgan fingerprint density at radius 3 is 2.75 bits per heavy atom. The van der Waals surface area contributed by atoms with Crippen LogP contribution >= 0.6 is 0 Å². The van der Waals surface area contributed by atoms with E-state index in [0.29, 0.717) is 11.5 Å². The molecule has 1 amide bonds. The molecule has 8 heteroatoms. The average Bonchev–Trinajstić information content (AvgIpc) is 3.19. The van der Waals surface area contributed by atoms with Crippen LogP contribution in [0.3, 0.4) is 0 Å². The Bertz CT molecular complexity index is 1260. The van der Waals surface area contributed by atoms with Crippen molar-refractivity contribution in [3.05, 3.63) is 71.3 Å². The summed E-state index contributed by atoms with van der Waals surface area (Å²) in [4.78, 5) is 25.9. The normalized spacial score (nSPS) is 12.0. The molecule has 1 atom stereocenters. The van der Waals surface area contributed by atoms with E-state index in [1.54, 1.807) is 12.4 Å².